The van der Waals surface area contributed by atoms with Gasteiger partial charge in [-0.15, -0.1) is 0 Å². The lowest BCUT2D eigenvalue weighted by Crippen LogP contribution is -1.86. The van der Waals surface area contributed by atoms with Crippen LogP contribution in [0.5, 0.6) is 0 Å². The predicted molar refractivity (Wildman–Crippen MR) is 30.6 cm³/mol. The van der Waals surface area contributed by atoms with E-state index in [0.29, 0.717) is 0 Å². The molecule has 48 valence electrons. The molecule has 2 unspecified atom stereocenters. The highest BCUT2D eigenvalue weighted by atomic mass is 16.5. The van der Waals surface area contributed by atoms with Crippen LogP contribution in [0.1, 0.15) is 6.42 Å². The molecule has 2 fully saturated rings. The Morgan fingerprint density at radius 3 is 1.88 bits per heavy atom. The number of aliphatic hydroxyl groups excluding tert-OH is 1. The molecule has 1 aliphatic heterocycles. The van der Waals surface area contributed by atoms with Crippen molar-refractivity contribution in [2.24, 2.45) is 11.8 Å². The van der Waals surface area contributed by atoms with Gasteiger partial charge in [-0.3, -0.25) is 0 Å². The highest BCUT2D eigenvalue weighted by Gasteiger charge is 2.41. The van der Waals surface area contributed by atoms with Gasteiger partial charge in [-0.05, 0) is 18.3 Å². The van der Waals surface area contributed by atoms with Gasteiger partial charge in [0.05, 0.1) is 0 Å². The Morgan fingerprint density at radius 2 is 1.75 bits per heavy atom. The first-order valence-corrected chi connectivity index (χ1v) is 2.99. The van der Waals surface area contributed by atoms with E-state index in [9.17, 15) is 0 Å². The van der Waals surface area contributed by atoms with Crippen molar-refractivity contribution in [1.29, 1.82) is 0 Å². The zero-order valence-corrected chi connectivity index (χ0v) is 5.13. The maximum atomic E-state index is 7.00. The lowest BCUT2D eigenvalue weighted by atomic mass is 10.4. The van der Waals surface area contributed by atoms with Gasteiger partial charge in [-0.25, -0.2) is 0 Å². The van der Waals surface area contributed by atoms with E-state index in [1.165, 1.54) is 6.42 Å². The minimum atomic E-state index is 0.991. The second-order valence-electron chi connectivity index (χ2n) is 2.29. The average Bonchev–Trinajstić information content (AvgIpc) is 2.46. The second kappa shape index (κ2) is 2.46. The largest absolute Gasteiger partial charge is 0.400 e. The maximum Gasteiger partial charge on any atom is 0.0498 e. The van der Waals surface area contributed by atoms with Gasteiger partial charge in [0.2, 0.25) is 0 Å². The van der Waals surface area contributed by atoms with Crippen molar-refractivity contribution in [3.63, 3.8) is 0 Å². The molecule has 1 saturated heterocycles. The number of aliphatic hydroxyl groups is 1. The van der Waals surface area contributed by atoms with Crippen molar-refractivity contribution < 1.29 is 9.84 Å². The van der Waals surface area contributed by atoms with Gasteiger partial charge in [0, 0.05) is 20.3 Å². The van der Waals surface area contributed by atoms with Crippen LogP contribution in [0.25, 0.3) is 0 Å². The molecule has 1 saturated carbocycles. The highest BCUT2D eigenvalue weighted by molar-refractivity contribution is 4.89. The molecule has 2 heteroatoms. The molecule has 0 aromatic rings. The van der Waals surface area contributed by atoms with E-state index in [1.807, 2.05) is 0 Å². The topological polar surface area (TPSA) is 29.5 Å². The predicted octanol–water partition coefficient (Wildman–Crippen LogP) is 0.261. The van der Waals surface area contributed by atoms with E-state index in [1.54, 1.807) is 0 Å². The summed E-state index contributed by atoms with van der Waals surface area (Å²) in [5.74, 6) is 1.98. The third-order valence-corrected chi connectivity index (χ3v) is 1.73. The Hall–Kier alpha value is -0.0800. The first kappa shape index (κ1) is 6.05. The fourth-order valence-corrected chi connectivity index (χ4v) is 1.09. The molecule has 1 N–H and O–H groups in total. The Kier molecular flexibility index (Phi) is 1.86. The molecule has 0 spiro atoms. The van der Waals surface area contributed by atoms with E-state index < -0.39 is 0 Å². The van der Waals surface area contributed by atoms with Crippen molar-refractivity contribution in [1.82, 2.24) is 0 Å². The van der Waals surface area contributed by atoms with Crippen LogP contribution in [0.4, 0.5) is 0 Å². The SMILES string of the molecule is C1OCC2CC12.CO. The fraction of sp³-hybridized carbons (Fsp3) is 1.00. The molecule has 1 heterocycles. The molecule has 0 aromatic heterocycles. The van der Waals surface area contributed by atoms with Gasteiger partial charge in [0.25, 0.3) is 0 Å². The van der Waals surface area contributed by atoms with Crippen LogP contribution in [-0.2, 0) is 4.74 Å². The summed E-state index contributed by atoms with van der Waals surface area (Å²) in [6.07, 6.45) is 1.46. The van der Waals surface area contributed by atoms with E-state index >= 15 is 0 Å². The Bertz CT molecular complexity index is 64.9. The Labute approximate surface area is 49.5 Å². The smallest absolute Gasteiger partial charge is 0.0498 e. The average molecular weight is 116 g/mol. The standard InChI is InChI=1S/C5H8O.CH4O/c1-4-2-6-3-5(1)4;1-2/h4-5H,1-3H2;2H,1H3. The van der Waals surface area contributed by atoms with Crippen molar-refractivity contribution >= 4 is 0 Å². The molecule has 8 heavy (non-hydrogen) atoms. The normalized spacial score (nSPS) is 39.8. The Morgan fingerprint density at radius 1 is 1.25 bits per heavy atom. The molecular formula is C6H12O2. The van der Waals surface area contributed by atoms with Crippen LogP contribution in [0.2, 0.25) is 0 Å². The zero-order valence-electron chi connectivity index (χ0n) is 5.13. The van der Waals surface area contributed by atoms with Gasteiger partial charge >= 0.3 is 0 Å². The number of ether oxygens (including phenoxy) is 1. The fourth-order valence-electron chi connectivity index (χ4n) is 1.09. The molecule has 2 rings (SSSR count). The maximum absolute atomic E-state index is 7.00. The summed E-state index contributed by atoms with van der Waals surface area (Å²) in [6, 6.07) is 0. The summed E-state index contributed by atoms with van der Waals surface area (Å²) in [5.41, 5.74) is 0. The Balaban J connectivity index is 0.000000147. The molecule has 0 aromatic carbocycles. The quantitative estimate of drug-likeness (QED) is 0.492. The molecule has 0 radical (unpaired) electrons. The van der Waals surface area contributed by atoms with Crippen molar-refractivity contribution in [3.05, 3.63) is 0 Å². The second-order valence-corrected chi connectivity index (χ2v) is 2.29. The summed E-state index contributed by atoms with van der Waals surface area (Å²) in [5, 5.41) is 7.00. The zero-order chi connectivity index (χ0) is 5.98. The van der Waals surface area contributed by atoms with Crippen LogP contribution in [0.3, 0.4) is 0 Å². The summed E-state index contributed by atoms with van der Waals surface area (Å²) in [7, 11) is 1.00. The van der Waals surface area contributed by atoms with Gasteiger partial charge in [0.1, 0.15) is 0 Å². The minimum Gasteiger partial charge on any atom is -0.400 e. The van der Waals surface area contributed by atoms with Crippen molar-refractivity contribution in [3.8, 4) is 0 Å². The third-order valence-electron chi connectivity index (χ3n) is 1.73. The first-order chi connectivity index (χ1) is 3.97. The van der Waals surface area contributed by atoms with Crippen LogP contribution < -0.4 is 0 Å². The highest BCUT2D eigenvalue weighted by Crippen LogP contribution is 2.43. The van der Waals surface area contributed by atoms with E-state index in [4.69, 9.17) is 9.84 Å². The van der Waals surface area contributed by atoms with Gasteiger partial charge in [-0.2, -0.15) is 0 Å². The van der Waals surface area contributed by atoms with Crippen molar-refractivity contribution in [2.75, 3.05) is 20.3 Å². The lowest BCUT2D eigenvalue weighted by molar-refractivity contribution is 0.165. The summed E-state index contributed by atoms with van der Waals surface area (Å²) < 4.78 is 5.11. The molecule has 2 nitrogen and oxygen atoms in total. The van der Waals surface area contributed by atoms with Gasteiger partial charge in [-0.1, -0.05) is 0 Å². The molecule has 0 amide bonds. The van der Waals surface area contributed by atoms with Gasteiger partial charge in [0.15, 0.2) is 0 Å². The number of rotatable bonds is 0. The lowest BCUT2D eigenvalue weighted by Gasteiger charge is -1.87. The van der Waals surface area contributed by atoms with E-state index in [-0.39, 0.29) is 0 Å². The van der Waals surface area contributed by atoms with Gasteiger partial charge < -0.3 is 9.84 Å². The molecular weight excluding hydrogens is 104 g/mol. The van der Waals surface area contributed by atoms with Crippen LogP contribution >= 0.6 is 0 Å². The van der Waals surface area contributed by atoms with Crippen LogP contribution in [0, 0.1) is 11.8 Å². The third kappa shape index (κ3) is 1.01. The number of hydrogen-bond donors (Lipinski definition) is 1. The monoisotopic (exact) mass is 116 g/mol. The molecule has 0 bridgehead atoms. The molecule has 1 aliphatic carbocycles. The first-order valence-electron chi connectivity index (χ1n) is 2.99. The van der Waals surface area contributed by atoms with E-state index in [2.05, 4.69) is 0 Å². The summed E-state index contributed by atoms with van der Waals surface area (Å²) in [4.78, 5) is 0. The number of hydrogen-bond acceptors (Lipinski definition) is 2. The molecule has 2 atom stereocenters. The van der Waals surface area contributed by atoms with Crippen LogP contribution in [-0.4, -0.2) is 25.4 Å². The minimum absolute atomic E-state index is 0.991. The number of fused-ring (bicyclic) bond motifs is 1. The summed E-state index contributed by atoms with van der Waals surface area (Å²) in [6.45, 7) is 2.12. The summed E-state index contributed by atoms with van der Waals surface area (Å²) >= 11 is 0. The van der Waals surface area contributed by atoms with Crippen LogP contribution in [0.15, 0.2) is 0 Å². The van der Waals surface area contributed by atoms with Crippen molar-refractivity contribution in [2.45, 2.75) is 6.42 Å². The van der Waals surface area contributed by atoms with E-state index in [0.717, 1.165) is 32.2 Å². The molecule has 2 aliphatic rings.